The second kappa shape index (κ2) is 8.66. The highest BCUT2D eigenvalue weighted by atomic mass is 35.5. The number of ether oxygens (including phenoxy) is 2. The summed E-state index contributed by atoms with van der Waals surface area (Å²) >= 11 is 11.9. The molecule has 0 fully saturated rings. The van der Waals surface area contributed by atoms with Crippen LogP contribution >= 0.6 is 23.2 Å². The van der Waals surface area contributed by atoms with E-state index in [1.807, 2.05) is 12.1 Å². The van der Waals surface area contributed by atoms with Gasteiger partial charge in [-0.25, -0.2) is 4.79 Å². The highest BCUT2D eigenvalue weighted by molar-refractivity contribution is 6.35. The predicted octanol–water partition coefficient (Wildman–Crippen LogP) is 4.01. The van der Waals surface area contributed by atoms with Crippen molar-refractivity contribution in [2.24, 2.45) is 0 Å². The second-order valence-electron chi connectivity index (χ2n) is 4.99. The molecular weight excluding hydrogens is 351 g/mol. The number of carbonyl (C=O) groups excluding carboxylic acids is 1. The van der Waals surface area contributed by atoms with Gasteiger partial charge in [0.05, 0.1) is 14.2 Å². The summed E-state index contributed by atoms with van der Waals surface area (Å²) in [7, 11) is 3.16. The monoisotopic (exact) mass is 368 g/mol. The predicted molar refractivity (Wildman–Crippen MR) is 95.1 cm³/mol. The number of carbonyl (C=O) groups is 1. The summed E-state index contributed by atoms with van der Waals surface area (Å²) in [4.78, 5) is 11.9. The van der Waals surface area contributed by atoms with Crippen LogP contribution in [-0.2, 0) is 13.1 Å². The largest absolute Gasteiger partial charge is 0.497 e. The summed E-state index contributed by atoms with van der Waals surface area (Å²) in [5.41, 5.74) is 1.66. The second-order valence-corrected chi connectivity index (χ2v) is 5.84. The third-order valence-electron chi connectivity index (χ3n) is 3.32. The van der Waals surface area contributed by atoms with Gasteiger partial charge in [0.25, 0.3) is 0 Å². The molecule has 2 aromatic rings. The third kappa shape index (κ3) is 5.22. The minimum absolute atomic E-state index is 0.303. The maximum Gasteiger partial charge on any atom is 0.315 e. The topological polar surface area (TPSA) is 59.6 Å². The van der Waals surface area contributed by atoms with E-state index in [2.05, 4.69) is 10.6 Å². The van der Waals surface area contributed by atoms with Crippen molar-refractivity contribution in [3.63, 3.8) is 0 Å². The zero-order valence-electron chi connectivity index (χ0n) is 13.4. The molecular formula is C17H18Cl2N2O3. The molecule has 0 aromatic heterocycles. The Balaban J connectivity index is 1.89. The first-order valence-corrected chi connectivity index (χ1v) is 7.95. The number of benzene rings is 2. The molecule has 0 radical (unpaired) electrons. The first-order valence-electron chi connectivity index (χ1n) is 7.19. The zero-order chi connectivity index (χ0) is 17.5. The number of rotatable bonds is 6. The number of methoxy groups -OCH3 is 2. The number of urea groups is 1. The summed E-state index contributed by atoms with van der Waals surface area (Å²) in [6.45, 7) is 0.650. The quantitative estimate of drug-likeness (QED) is 0.809. The van der Waals surface area contributed by atoms with Gasteiger partial charge in [-0.3, -0.25) is 0 Å². The summed E-state index contributed by atoms with van der Waals surface area (Å²) in [5.74, 6) is 1.33. The molecule has 128 valence electrons. The van der Waals surface area contributed by atoms with Crippen molar-refractivity contribution in [3.8, 4) is 11.5 Å². The Bertz CT molecular complexity index is 701. The molecule has 2 aromatic carbocycles. The lowest BCUT2D eigenvalue weighted by molar-refractivity contribution is 0.240. The van der Waals surface area contributed by atoms with Crippen molar-refractivity contribution in [2.45, 2.75) is 13.1 Å². The molecule has 0 saturated carbocycles. The molecule has 0 aliphatic rings. The van der Waals surface area contributed by atoms with Crippen molar-refractivity contribution < 1.29 is 14.3 Å². The standard InChI is InChI=1S/C17H18Cl2N2O3/c1-23-14-5-11(6-15(8-14)24-2)9-20-17(22)21-10-12-3-4-13(18)7-16(12)19/h3-8H,9-10H2,1-2H3,(H2,20,21,22). The van der Waals surface area contributed by atoms with E-state index in [0.29, 0.717) is 34.6 Å². The first-order chi connectivity index (χ1) is 11.5. The van der Waals surface area contributed by atoms with Crippen molar-refractivity contribution in [2.75, 3.05) is 14.2 Å². The maximum absolute atomic E-state index is 11.9. The van der Waals surface area contributed by atoms with Gasteiger partial charge in [-0.1, -0.05) is 29.3 Å². The van der Waals surface area contributed by atoms with Crippen LogP contribution in [0.2, 0.25) is 10.0 Å². The zero-order valence-corrected chi connectivity index (χ0v) is 14.9. The van der Waals surface area contributed by atoms with E-state index in [9.17, 15) is 4.79 Å². The molecule has 2 amide bonds. The summed E-state index contributed by atoms with van der Waals surface area (Å²) in [6, 6.07) is 10.3. The Kier molecular flexibility index (Phi) is 6.58. The lowest BCUT2D eigenvalue weighted by Gasteiger charge is -2.11. The van der Waals surface area contributed by atoms with Crippen molar-refractivity contribution >= 4 is 29.2 Å². The van der Waals surface area contributed by atoms with Gasteiger partial charge in [0.2, 0.25) is 0 Å². The summed E-state index contributed by atoms with van der Waals surface area (Å²) < 4.78 is 10.4. The number of hydrogen-bond donors (Lipinski definition) is 2. The van der Waals surface area contributed by atoms with E-state index in [1.165, 1.54) is 0 Å². The van der Waals surface area contributed by atoms with Crippen LogP contribution in [0.25, 0.3) is 0 Å². The Labute approximate surface area is 150 Å². The molecule has 0 atom stereocenters. The van der Waals surface area contributed by atoms with Crippen LogP contribution in [0.5, 0.6) is 11.5 Å². The number of amides is 2. The lowest BCUT2D eigenvalue weighted by atomic mass is 10.2. The third-order valence-corrected chi connectivity index (χ3v) is 3.91. The van der Waals surface area contributed by atoms with Gasteiger partial charge in [0.15, 0.2) is 0 Å². The number of halogens is 2. The highest BCUT2D eigenvalue weighted by Gasteiger charge is 2.06. The van der Waals surface area contributed by atoms with Crippen LogP contribution in [0.4, 0.5) is 4.79 Å². The number of nitrogens with one attached hydrogen (secondary N) is 2. The molecule has 5 nitrogen and oxygen atoms in total. The van der Waals surface area contributed by atoms with Gasteiger partial charge >= 0.3 is 6.03 Å². The fraction of sp³-hybridized carbons (Fsp3) is 0.235. The SMILES string of the molecule is COc1cc(CNC(=O)NCc2ccc(Cl)cc2Cl)cc(OC)c1. The molecule has 0 spiro atoms. The molecule has 0 bridgehead atoms. The fourth-order valence-electron chi connectivity index (χ4n) is 2.05. The van der Waals surface area contributed by atoms with Gasteiger partial charge < -0.3 is 20.1 Å². The molecule has 0 saturated heterocycles. The van der Waals surface area contributed by atoms with E-state index in [1.54, 1.807) is 38.5 Å². The maximum atomic E-state index is 11.9. The normalized spacial score (nSPS) is 10.2. The van der Waals surface area contributed by atoms with Gasteiger partial charge in [0, 0.05) is 29.2 Å². The summed E-state index contributed by atoms with van der Waals surface area (Å²) in [5, 5.41) is 6.59. The van der Waals surface area contributed by atoms with Crippen LogP contribution in [-0.4, -0.2) is 20.3 Å². The van der Waals surface area contributed by atoms with Crippen LogP contribution in [0, 0.1) is 0 Å². The number of hydrogen-bond acceptors (Lipinski definition) is 3. The molecule has 2 rings (SSSR count). The van der Waals surface area contributed by atoms with Crippen LogP contribution in [0.1, 0.15) is 11.1 Å². The average molecular weight is 369 g/mol. The molecule has 0 aliphatic carbocycles. The Morgan fingerprint density at radius 3 is 2.17 bits per heavy atom. The molecule has 0 aliphatic heterocycles. The van der Waals surface area contributed by atoms with E-state index in [0.717, 1.165) is 11.1 Å². The molecule has 24 heavy (non-hydrogen) atoms. The van der Waals surface area contributed by atoms with Crippen molar-refractivity contribution in [1.82, 2.24) is 10.6 Å². The van der Waals surface area contributed by atoms with E-state index in [4.69, 9.17) is 32.7 Å². The first kappa shape index (κ1) is 18.2. The van der Waals surface area contributed by atoms with Gasteiger partial charge in [0.1, 0.15) is 11.5 Å². The van der Waals surface area contributed by atoms with Crippen LogP contribution in [0.15, 0.2) is 36.4 Å². The van der Waals surface area contributed by atoms with Crippen LogP contribution in [0.3, 0.4) is 0 Å². The molecule has 7 heteroatoms. The fourth-order valence-corrected chi connectivity index (χ4v) is 2.53. The minimum Gasteiger partial charge on any atom is -0.497 e. The highest BCUT2D eigenvalue weighted by Crippen LogP contribution is 2.22. The van der Waals surface area contributed by atoms with Gasteiger partial charge in [-0.2, -0.15) is 0 Å². The minimum atomic E-state index is -0.303. The molecule has 2 N–H and O–H groups in total. The van der Waals surface area contributed by atoms with E-state index >= 15 is 0 Å². The van der Waals surface area contributed by atoms with Crippen molar-refractivity contribution in [3.05, 3.63) is 57.6 Å². The summed E-state index contributed by atoms with van der Waals surface area (Å²) in [6.07, 6.45) is 0. The smallest absolute Gasteiger partial charge is 0.315 e. The Hall–Kier alpha value is -2.11. The van der Waals surface area contributed by atoms with Crippen molar-refractivity contribution in [1.29, 1.82) is 0 Å². The Morgan fingerprint density at radius 2 is 1.58 bits per heavy atom. The molecule has 0 heterocycles. The lowest BCUT2D eigenvalue weighted by Crippen LogP contribution is -2.34. The van der Waals surface area contributed by atoms with E-state index < -0.39 is 0 Å². The molecule has 0 unspecified atom stereocenters. The van der Waals surface area contributed by atoms with Gasteiger partial charge in [-0.05, 0) is 35.4 Å². The van der Waals surface area contributed by atoms with Gasteiger partial charge in [-0.15, -0.1) is 0 Å². The van der Waals surface area contributed by atoms with Crippen LogP contribution < -0.4 is 20.1 Å². The Morgan fingerprint density at radius 1 is 0.958 bits per heavy atom. The van der Waals surface area contributed by atoms with E-state index in [-0.39, 0.29) is 6.03 Å². The average Bonchev–Trinajstić information content (AvgIpc) is 2.58.